The summed E-state index contributed by atoms with van der Waals surface area (Å²) in [6.45, 7) is 0.612. The molecule has 1 spiro atoms. The normalized spacial score (nSPS) is 17.1. The quantitative estimate of drug-likeness (QED) is 0.648. The summed E-state index contributed by atoms with van der Waals surface area (Å²) in [6.07, 6.45) is -2.53. The number of urea groups is 1. The van der Waals surface area contributed by atoms with Crippen molar-refractivity contribution in [3.8, 4) is 5.75 Å². The molecular weight excluding hydrogens is 423 g/mol. The molecule has 6 nitrogen and oxygen atoms in total. The molecule has 1 fully saturated rings. The summed E-state index contributed by atoms with van der Waals surface area (Å²) in [5.74, 6) is -0.358. The third kappa shape index (κ3) is 3.47. The fourth-order valence-corrected chi connectivity index (χ4v) is 4.37. The van der Waals surface area contributed by atoms with Gasteiger partial charge in [-0.1, -0.05) is 6.07 Å². The number of hydrogen-bond acceptors (Lipinski definition) is 3. The summed E-state index contributed by atoms with van der Waals surface area (Å²) < 4.78 is 46.9. The molecule has 2 aliphatic rings. The van der Waals surface area contributed by atoms with Crippen LogP contribution in [0.25, 0.3) is 10.9 Å². The van der Waals surface area contributed by atoms with Gasteiger partial charge in [0.1, 0.15) is 5.75 Å². The number of rotatable bonds is 2. The van der Waals surface area contributed by atoms with Gasteiger partial charge >= 0.3 is 12.2 Å². The lowest BCUT2D eigenvalue weighted by Gasteiger charge is -2.50. The van der Waals surface area contributed by atoms with Gasteiger partial charge in [-0.2, -0.15) is 13.2 Å². The fraction of sp³-hybridized carbons (Fsp3) is 0.304. The number of nitrogens with one attached hydrogen (secondary N) is 1. The Morgan fingerprint density at radius 2 is 1.94 bits per heavy atom. The highest BCUT2D eigenvalue weighted by Gasteiger charge is 2.52. The molecule has 2 aromatic carbocycles. The lowest BCUT2D eigenvalue weighted by Crippen LogP contribution is -2.69. The Hall–Kier alpha value is -3.49. The van der Waals surface area contributed by atoms with E-state index in [1.165, 1.54) is 4.90 Å². The van der Waals surface area contributed by atoms with Crippen LogP contribution in [0, 0.1) is 0 Å². The molecule has 5 rings (SSSR count). The average molecular weight is 443 g/mol. The summed E-state index contributed by atoms with van der Waals surface area (Å²) >= 11 is 0. The van der Waals surface area contributed by atoms with Gasteiger partial charge in [0.15, 0.2) is 11.4 Å². The van der Waals surface area contributed by atoms with Gasteiger partial charge in [0, 0.05) is 25.3 Å². The molecule has 32 heavy (non-hydrogen) atoms. The van der Waals surface area contributed by atoms with E-state index in [-0.39, 0.29) is 42.6 Å². The minimum atomic E-state index is -4.53. The predicted octanol–water partition coefficient (Wildman–Crippen LogP) is 4.13. The van der Waals surface area contributed by atoms with Crippen molar-refractivity contribution in [2.24, 2.45) is 7.05 Å². The molecule has 2 amide bonds. The van der Waals surface area contributed by atoms with Crippen molar-refractivity contribution in [2.45, 2.75) is 24.7 Å². The van der Waals surface area contributed by atoms with Crippen LogP contribution in [0.5, 0.6) is 5.75 Å². The number of amides is 2. The Balaban J connectivity index is 1.23. The van der Waals surface area contributed by atoms with Gasteiger partial charge in [0.2, 0.25) is 0 Å². The van der Waals surface area contributed by atoms with Crippen molar-refractivity contribution in [1.82, 2.24) is 14.8 Å². The highest BCUT2D eigenvalue weighted by atomic mass is 19.4. The molecule has 2 aliphatic heterocycles. The summed E-state index contributed by atoms with van der Waals surface area (Å²) in [5, 5.41) is 3.92. The third-order valence-electron chi connectivity index (χ3n) is 6.06. The zero-order valence-corrected chi connectivity index (χ0v) is 17.2. The molecule has 1 saturated heterocycles. The van der Waals surface area contributed by atoms with Gasteiger partial charge in [-0.05, 0) is 47.3 Å². The molecule has 1 aromatic heterocycles. The van der Waals surface area contributed by atoms with Crippen molar-refractivity contribution in [3.05, 3.63) is 65.4 Å². The Morgan fingerprint density at radius 3 is 2.69 bits per heavy atom. The van der Waals surface area contributed by atoms with Crippen LogP contribution in [0.2, 0.25) is 0 Å². The van der Waals surface area contributed by atoms with E-state index in [2.05, 4.69) is 5.32 Å². The minimum absolute atomic E-state index is 0.0276. The molecule has 0 bridgehead atoms. The molecule has 1 N–H and O–H groups in total. The summed E-state index contributed by atoms with van der Waals surface area (Å²) in [6, 6.07) is 10.5. The second-order valence-corrected chi connectivity index (χ2v) is 8.43. The van der Waals surface area contributed by atoms with E-state index in [1.807, 2.05) is 42.1 Å². The van der Waals surface area contributed by atoms with Crippen molar-refractivity contribution in [2.75, 3.05) is 13.1 Å². The molecule has 0 saturated carbocycles. The number of halogens is 3. The van der Waals surface area contributed by atoms with Crippen LogP contribution in [0.3, 0.4) is 0 Å². The highest BCUT2D eigenvalue weighted by molar-refractivity contribution is 6.00. The smallest absolute Gasteiger partial charge is 0.416 e. The molecule has 0 unspecified atom stereocenters. The van der Waals surface area contributed by atoms with Gasteiger partial charge in [-0.25, -0.2) is 4.79 Å². The van der Waals surface area contributed by atoms with E-state index in [4.69, 9.17) is 4.74 Å². The zero-order valence-electron chi connectivity index (χ0n) is 17.2. The first-order valence-corrected chi connectivity index (χ1v) is 10.1. The number of ketones is 1. The van der Waals surface area contributed by atoms with E-state index >= 15 is 0 Å². The monoisotopic (exact) mass is 443 g/mol. The molecular formula is C23H20F3N3O3. The van der Waals surface area contributed by atoms with E-state index < -0.39 is 17.3 Å². The van der Waals surface area contributed by atoms with Crippen LogP contribution in [0.4, 0.5) is 18.0 Å². The third-order valence-corrected chi connectivity index (χ3v) is 6.06. The summed E-state index contributed by atoms with van der Waals surface area (Å²) in [4.78, 5) is 26.5. The van der Waals surface area contributed by atoms with Crippen LogP contribution in [-0.2, 0) is 19.8 Å². The summed E-state index contributed by atoms with van der Waals surface area (Å²) in [7, 11) is 1.96. The molecule has 0 atom stereocenters. The van der Waals surface area contributed by atoms with Crippen LogP contribution < -0.4 is 10.1 Å². The number of fused-ring (bicyclic) bond motifs is 2. The maximum Gasteiger partial charge on any atom is 0.416 e. The Bertz CT molecular complexity index is 1240. The number of benzene rings is 2. The molecule has 9 heteroatoms. The SMILES string of the molecule is Cn1ccc2cc(CNC(=O)N3CC4(CC(=O)c5ccc(C(F)(F)F)cc5O4)C3)ccc21. The van der Waals surface area contributed by atoms with Crippen molar-refractivity contribution < 1.29 is 27.5 Å². The lowest BCUT2D eigenvalue weighted by atomic mass is 9.83. The van der Waals surface area contributed by atoms with E-state index in [9.17, 15) is 22.8 Å². The number of aryl methyl sites for hydroxylation is 1. The largest absolute Gasteiger partial charge is 0.482 e. The number of hydrogen-bond donors (Lipinski definition) is 1. The molecule has 3 aromatic rings. The summed E-state index contributed by atoms with van der Waals surface area (Å²) in [5.41, 5.74) is 0.338. The first kappa shape index (κ1) is 20.4. The number of Topliss-reactive ketones (excluding diaryl/α,β-unsaturated/α-hetero) is 1. The van der Waals surface area contributed by atoms with E-state index in [0.29, 0.717) is 6.54 Å². The molecule has 3 heterocycles. The van der Waals surface area contributed by atoms with Gasteiger partial charge in [-0.3, -0.25) is 4.79 Å². The molecule has 0 aliphatic carbocycles. The highest BCUT2D eigenvalue weighted by Crippen LogP contribution is 2.41. The van der Waals surface area contributed by atoms with E-state index in [1.54, 1.807) is 0 Å². The topological polar surface area (TPSA) is 63.6 Å². The first-order valence-electron chi connectivity index (χ1n) is 10.1. The van der Waals surface area contributed by atoms with Crippen molar-refractivity contribution in [1.29, 1.82) is 0 Å². The lowest BCUT2D eigenvalue weighted by molar-refractivity contribution is -0.138. The molecule has 0 radical (unpaired) electrons. The number of ether oxygens (including phenoxy) is 1. The predicted molar refractivity (Wildman–Crippen MR) is 110 cm³/mol. The number of nitrogens with zero attached hydrogens (tertiary/aromatic N) is 2. The Labute approximate surface area is 181 Å². The van der Waals surface area contributed by atoms with Crippen LogP contribution >= 0.6 is 0 Å². The van der Waals surface area contributed by atoms with Gasteiger partial charge in [0.25, 0.3) is 0 Å². The fourth-order valence-electron chi connectivity index (χ4n) is 4.37. The zero-order chi connectivity index (χ0) is 22.7. The minimum Gasteiger partial charge on any atom is -0.482 e. The second-order valence-electron chi connectivity index (χ2n) is 8.43. The van der Waals surface area contributed by atoms with Crippen LogP contribution in [0.1, 0.15) is 27.9 Å². The van der Waals surface area contributed by atoms with Crippen molar-refractivity contribution >= 4 is 22.7 Å². The van der Waals surface area contributed by atoms with Crippen LogP contribution in [0.15, 0.2) is 48.7 Å². The number of carbonyl (C=O) groups excluding carboxylic acids is 2. The number of carbonyl (C=O) groups is 2. The maximum absolute atomic E-state index is 13.0. The maximum atomic E-state index is 13.0. The first-order chi connectivity index (χ1) is 15.1. The Morgan fingerprint density at radius 1 is 1.16 bits per heavy atom. The van der Waals surface area contributed by atoms with Crippen LogP contribution in [-0.4, -0.2) is 40.0 Å². The van der Waals surface area contributed by atoms with Gasteiger partial charge < -0.3 is 19.5 Å². The number of likely N-dealkylation sites (tertiary alicyclic amines) is 1. The van der Waals surface area contributed by atoms with Gasteiger partial charge in [-0.15, -0.1) is 0 Å². The second kappa shape index (κ2) is 7.01. The average Bonchev–Trinajstić information content (AvgIpc) is 3.09. The van der Waals surface area contributed by atoms with Gasteiger partial charge in [0.05, 0.1) is 30.6 Å². The standard InChI is InChI=1S/C23H20F3N3O3/c1-28-7-6-15-8-14(2-5-18(15)28)11-27-21(31)29-12-22(13-29)10-19(30)17-4-3-16(23(24,25)26)9-20(17)32-22/h2-9H,10-13H2,1H3,(H,27,31). The number of alkyl halides is 3. The molecule has 166 valence electrons. The van der Waals surface area contributed by atoms with Crippen molar-refractivity contribution in [3.63, 3.8) is 0 Å². The Kier molecular flexibility index (Phi) is 4.47. The van der Waals surface area contributed by atoms with E-state index in [0.717, 1.165) is 34.7 Å². The number of aromatic nitrogens is 1.